The number of nitrogens with zero attached hydrogens (tertiary/aromatic N) is 3. The monoisotopic (exact) mass is 263 g/mol. The van der Waals surface area contributed by atoms with Gasteiger partial charge in [-0.15, -0.1) is 21.5 Å². The molecule has 0 saturated heterocycles. The van der Waals surface area contributed by atoms with Crippen LogP contribution in [0.5, 0.6) is 0 Å². The van der Waals surface area contributed by atoms with Crippen LogP contribution in [0.4, 0.5) is 5.82 Å². The van der Waals surface area contributed by atoms with Crippen LogP contribution in [-0.4, -0.2) is 21.1 Å². The van der Waals surface area contributed by atoms with Gasteiger partial charge in [0, 0.05) is 11.6 Å². The zero-order valence-electron chi connectivity index (χ0n) is 9.83. The second kappa shape index (κ2) is 5.54. The summed E-state index contributed by atoms with van der Waals surface area (Å²) < 4.78 is 0. The number of nitrogen functional groups attached to an aromatic ring is 1. The molecule has 18 heavy (non-hydrogen) atoms. The molecule has 0 aliphatic carbocycles. The van der Waals surface area contributed by atoms with E-state index in [0.717, 1.165) is 11.4 Å². The van der Waals surface area contributed by atoms with E-state index in [4.69, 9.17) is 5.73 Å². The summed E-state index contributed by atoms with van der Waals surface area (Å²) >= 11 is 1.51. The van der Waals surface area contributed by atoms with E-state index < -0.39 is 0 Å². The van der Waals surface area contributed by atoms with Gasteiger partial charge in [0.1, 0.15) is 10.8 Å². The summed E-state index contributed by atoms with van der Waals surface area (Å²) in [6.07, 6.45) is 2.49. The Morgan fingerprint density at radius 1 is 1.50 bits per heavy atom. The average Bonchev–Trinajstić information content (AvgIpc) is 2.90. The minimum Gasteiger partial charge on any atom is -0.382 e. The molecular weight excluding hydrogens is 250 g/mol. The number of nitrogens with two attached hydrogens (primary N) is 1. The number of thiazole rings is 1. The number of hydrogen-bond donors (Lipinski definition) is 2. The zero-order valence-corrected chi connectivity index (χ0v) is 10.6. The van der Waals surface area contributed by atoms with E-state index in [2.05, 4.69) is 20.5 Å². The van der Waals surface area contributed by atoms with E-state index >= 15 is 0 Å². The van der Waals surface area contributed by atoms with Gasteiger partial charge in [-0.3, -0.25) is 4.79 Å². The quantitative estimate of drug-likeness (QED) is 0.869. The first-order valence-corrected chi connectivity index (χ1v) is 6.38. The van der Waals surface area contributed by atoms with Crippen LogP contribution in [0.1, 0.15) is 34.9 Å². The Bertz CT molecular complexity index is 511. The van der Waals surface area contributed by atoms with Gasteiger partial charge in [-0.2, -0.15) is 0 Å². The first kappa shape index (κ1) is 12.4. The van der Waals surface area contributed by atoms with Gasteiger partial charge in [-0.1, -0.05) is 6.92 Å². The predicted molar refractivity (Wildman–Crippen MR) is 69.1 cm³/mol. The van der Waals surface area contributed by atoms with Crippen molar-refractivity contribution in [2.45, 2.75) is 19.4 Å². The lowest BCUT2D eigenvalue weighted by atomic mass is 10.2. The maximum atomic E-state index is 11.9. The Morgan fingerprint density at radius 2 is 2.33 bits per heavy atom. The van der Waals surface area contributed by atoms with Crippen molar-refractivity contribution in [3.8, 4) is 0 Å². The van der Waals surface area contributed by atoms with Crippen LogP contribution in [-0.2, 0) is 0 Å². The minimum atomic E-state index is -0.274. The fourth-order valence-corrected chi connectivity index (χ4v) is 2.21. The largest absolute Gasteiger partial charge is 0.382 e. The summed E-state index contributed by atoms with van der Waals surface area (Å²) in [4.78, 5) is 16.1. The molecule has 7 heteroatoms. The van der Waals surface area contributed by atoms with Crippen LogP contribution in [0.2, 0.25) is 0 Å². The van der Waals surface area contributed by atoms with Crippen LogP contribution in [0.3, 0.4) is 0 Å². The molecular formula is C11H13N5OS. The summed E-state index contributed by atoms with van der Waals surface area (Å²) in [5.74, 6) is 0.0167. The number of hydrogen-bond acceptors (Lipinski definition) is 6. The molecule has 1 amide bonds. The summed E-state index contributed by atoms with van der Waals surface area (Å²) in [6.45, 7) is 1.99. The average molecular weight is 263 g/mol. The van der Waals surface area contributed by atoms with Crippen molar-refractivity contribution in [3.63, 3.8) is 0 Å². The van der Waals surface area contributed by atoms with Gasteiger partial charge in [0.25, 0.3) is 5.91 Å². The Balaban J connectivity index is 2.08. The standard InChI is InChI=1S/C11H13N5OS/c1-2-7(11-13-5-6-18-11)14-10(17)8-3-4-9(12)16-15-8/h3-7H,2H2,1H3,(H2,12,16)(H,14,17). The van der Waals surface area contributed by atoms with Gasteiger partial charge in [-0.25, -0.2) is 4.98 Å². The van der Waals surface area contributed by atoms with Crippen LogP contribution in [0.25, 0.3) is 0 Å². The van der Waals surface area contributed by atoms with Crippen molar-refractivity contribution >= 4 is 23.1 Å². The highest BCUT2D eigenvalue weighted by Crippen LogP contribution is 2.19. The molecule has 1 unspecified atom stereocenters. The highest BCUT2D eigenvalue weighted by molar-refractivity contribution is 7.09. The van der Waals surface area contributed by atoms with E-state index in [1.807, 2.05) is 12.3 Å². The van der Waals surface area contributed by atoms with Crippen molar-refractivity contribution in [2.24, 2.45) is 0 Å². The fraction of sp³-hybridized carbons (Fsp3) is 0.273. The van der Waals surface area contributed by atoms with E-state index in [0.29, 0.717) is 5.82 Å². The van der Waals surface area contributed by atoms with Crippen molar-refractivity contribution in [3.05, 3.63) is 34.4 Å². The van der Waals surface area contributed by atoms with Crippen LogP contribution in [0.15, 0.2) is 23.7 Å². The topological polar surface area (TPSA) is 93.8 Å². The fourth-order valence-electron chi connectivity index (χ4n) is 1.44. The third-order valence-corrected chi connectivity index (χ3v) is 3.27. The second-order valence-electron chi connectivity index (χ2n) is 3.65. The van der Waals surface area contributed by atoms with Crippen LogP contribution >= 0.6 is 11.3 Å². The lowest BCUT2D eigenvalue weighted by Crippen LogP contribution is -2.29. The Hall–Kier alpha value is -2.02. The lowest BCUT2D eigenvalue weighted by molar-refractivity contribution is 0.0929. The Morgan fingerprint density at radius 3 is 2.89 bits per heavy atom. The number of carbonyl (C=O) groups is 1. The third-order valence-electron chi connectivity index (χ3n) is 2.38. The molecule has 2 heterocycles. The Labute approximate surface area is 108 Å². The van der Waals surface area contributed by atoms with Crippen molar-refractivity contribution in [1.29, 1.82) is 0 Å². The highest BCUT2D eigenvalue weighted by atomic mass is 32.1. The molecule has 0 aromatic carbocycles. The summed E-state index contributed by atoms with van der Waals surface area (Å²) in [7, 11) is 0. The number of nitrogens with one attached hydrogen (secondary N) is 1. The molecule has 2 aromatic heterocycles. The van der Waals surface area contributed by atoms with Crippen molar-refractivity contribution in [1.82, 2.24) is 20.5 Å². The molecule has 1 atom stereocenters. The van der Waals surface area contributed by atoms with E-state index in [1.54, 1.807) is 18.3 Å². The first-order chi connectivity index (χ1) is 8.70. The molecule has 0 saturated carbocycles. The third kappa shape index (κ3) is 2.80. The summed E-state index contributed by atoms with van der Waals surface area (Å²) in [5.41, 5.74) is 5.67. The molecule has 0 fully saturated rings. The SMILES string of the molecule is CCC(NC(=O)c1ccc(N)nn1)c1nccs1. The lowest BCUT2D eigenvalue weighted by Gasteiger charge is -2.13. The molecule has 0 radical (unpaired) electrons. The molecule has 0 bridgehead atoms. The molecule has 0 aliphatic heterocycles. The predicted octanol–water partition coefficient (Wildman–Crippen LogP) is 1.40. The van der Waals surface area contributed by atoms with E-state index in [9.17, 15) is 4.79 Å². The molecule has 94 valence electrons. The Kier molecular flexibility index (Phi) is 3.83. The number of rotatable bonds is 4. The smallest absolute Gasteiger partial charge is 0.272 e. The molecule has 0 spiro atoms. The summed E-state index contributed by atoms with van der Waals surface area (Å²) in [5, 5.41) is 13.0. The molecule has 0 aliphatic rings. The number of anilines is 1. The van der Waals surface area contributed by atoms with Crippen LogP contribution < -0.4 is 11.1 Å². The van der Waals surface area contributed by atoms with Crippen molar-refractivity contribution in [2.75, 3.05) is 5.73 Å². The van der Waals surface area contributed by atoms with Crippen LogP contribution in [0, 0.1) is 0 Å². The maximum Gasteiger partial charge on any atom is 0.272 e. The second-order valence-corrected chi connectivity index (χ2v) is 4.57. The minimum absolute atomic E-state index is 0.100. The van der Waals surface area contributed by atoms with Gasteiger partial charge in [0.15, 0.2) is 5.69 Å². The molecule has 6 nitrogen and oxygen atoms in total. The first-order valence-electron chi connectivity index (χ1n) is 5.50. The van der Waals surface area contributed by atoms with Gasteiger partial charge < -0.3 is 11.1 Å². The molecule has 3 N–H and O–H groups in total. The zero-order chi connectivity index (χ0) is 13.0. The normalized spacial score (nSPS) is 12.1. The maximum absolute atomic E-state index is 11.9. The number of aromatic nitrogens is 3. The van der Waals surface area contributed by atoms with Crippen molar-refractivity contribution < 1.29 is 4.79 Å². The number of amides is 1. The van der Waals surface area contributed by atoms with Gasteiger partial charge >= 0.3 is 0 Å². The van der Waals surface area contributed by atoms with E-state index in [-0.39, 0.29) is 17.6 Å². The van der Waals surface area contributed by atoms with E-state index in [1.165, 1.54) is 11.3 Å². The van der Waals surface area contributed by atoms with Gasteiger partial charge in [0.2, 0.25) is 0 Å². The molecule has 2 aromatic rings. The van der Waals surface area contributed by atoms with Gasteiger partial charge in [0.05, 0.1) is 6.04 Å². The number of carbonyl (C=O) groups excluding carboxylic acids is 1. The summed E-state index contributed by atoms with van der Waals surface area (Å²) in [6, 6.07) is 3.00. The highest BCUT2D eigenvalue weighted by Gasteiger charge is 2.17. The van der Waals surface area contributed by atoms with Gasteiger partial charge in [-0.05, 0) is 18.6 Å². The molecule has 2 rings (SSSR count).